The summed E-state index contributed by atoms with van der Waals surface area (Å²) in [5, 5.41) is 17.5. The van der Waals surface area contributed by atoms with Gasteiger partial charge in [-0.25, -0.2) is 9.18 Å². The summed E-state index contributed by atoms with van der Waals surface area (Å²) in [6.45, 7) is 0.469. The fraction of sp³-hybridized carbons (Fsp3) is 0.385. The smallest absolute Gasteiger partial charge is 0.338 e. The molecule has 0 saturated heterocycles. The second-order valence-corrected chi connectivity index (χ2v) is 4.53. The van der Waals surface area contributed by atoms with Crippen molar-refractivity contribution < 1.29 is 14.3 Å². The molecule has 0 atom stereocenters. The molecule has 6 heteroatoms. The summed E-state index contributed by atoms with van der Waals surface area (Å²) in [6.07, 6.45) is 2.28. The summed E-state index contributed by atoms with van der Waals surface area (Å²) in [5.74, 6) is -2.15. The molecular formula is C13H14FN3O2. The van der Waals surface area contributed by atoms with Gasteiger partial charge in [-0.15, -0.1) is 0 Å². The van der Waals surface area contributed by atoms with Crippen molar-refractivity contribution in [2.45, 2.75) is 25.3 Å². The van der Waals surface area contributed by atoms with Crippen molar-refractivity contribution in [2.75, 3.05) is 17.2 Å². The summed E-state index contributed by atoms with van der Waals surface area (Å²) in [4.78, 5) is 12.7. The Bertz CT molecular complexity index is 550. The largest absolute Gasteiger partial charge is 0.478 e. The minimum absolute atomic E-state index is 0.226. The van der Waals surface area contributed by atoms with Crippen LogP contribution in [0.3, 0.4) is 0 Å². The van der Waals surface area contributed by atoms with Crippen molar-refractivity contribution >= 4 is 17.3 Å². The van der Waals surface area contributed by atoms with E-state index in [0.29, 0.717) is 18.7 Å². The van der Waals surface area contributed by atoms with Crippen LogP contribution < -0.4 is 10.6 Å². The lowest BCUT2D eigenvalue weighted by Crippen LogP contribution is -2.27. The average molecular weight is 263 g/mol. The molecule has 1 fully saturated rings. The highest BCUT2D eigenvalue weighted by molar-refractivity contribution is 5.91. The van der Waals surface area contributed by atoms with Crippen LogP contribution >= 0.6 is 0 Å². The van der Waals surface area contributed by atoms with E-state index in [1.807, 2.05) is 11.0 Å². The molecule has 1 aromatic rings. The Labute approximate surface area is 110 Å². The number of hydrogen-bond acceptors (Lipinski definition) is 4. The first-order chi connectivity index (χ1) is 9.04. The fourth-order valence-corrected chi connectivity index (χ4v) is 2.05. The van der Waals surface area contributed by atoms with Gasteiger partial charge in [-0.3, -0.25) is 0 Å². The van der Waals surface area contributed by atoms with Gasteiger partial charge in [-0.1, -0.05) is 0 Å². The number of carbonyl (C=O) groups is 1. The van der Waals surface area contributed by atoms with Crippen LogP contribution in [0.15, 0.2) is 12.1 Å². The number of anilines is 2. The number of carboxylic acid groups (broad SMARTS) is 1. The van der Waals surface area contributed by atoms with Crippen molar-refractivity contribution in [1.29, 1.82) is 5.26 Å². The topological polar surface area (TPSA) is 90.3 Å². The van der Waals surface area contributed by atoms with E-state index in [0.717, 1.165) is 25.0 Å². The molecular weight excluding hydrogens is 249 g/mol. The van der Waals surface area contributed by atoms with Gasteiger partial charge in [0, 0.05) is 18.7 Å². The van der Waals surface area contributed by atoms with Gasteiger partial charge in [0.05, 0.1) is 29.4 Å². The fourth-order valence-electron chi connectivity index (χ4n) is 2.05. The van der Waals surface area contributed by atoms with Gasteiger partial charge in [-0.05, 0) is 18.9 Å². The maximum Gasteiger partial charge on any atom is 0.338 e. The first-order valence-electron chi connectivity index (χ1n) is 6.00. The highest BCUT2D eigenvalue weighted by atomic mass is 19.1. The zero-order valence-electron chi connectivity index (χ0n) is 10.3. The predicted molar refractivity (Wildman–Crippen MR) is 68.4 cm³/mol. The Morgan fingerprint density at radius 2 is 2.26 bits per heavy atom. The van der Waals surface area contributed by atoms with Crippen LogP contribution in [0, 0.1) is 17.1 Å². The Hall–Kier alpha value is -2.29. The molecule has 1 saturated carbocycles. The number of aromatic carboxylic acids is 1. The van der Waals surface area contributed by atoms with E-state index in [2.05, 4.69) is 0 Å². The van der Waals surface area contributed by atoms with Crippen LogP contribution in [-0.2, 0) is 0 Å². The summed E-state index contributed by atoms with van der Waals surface area (Å²) in [5.41, 5.74) is 6.08. The van der Waals surface area contributed by atoms with Crippen LogP contribution in [0.1, 0.15) is 29.6 Å². The van der Waals surface area contributed by atoms with Gasteiger partial charge in [0.2, 0.25) is 0 Å². The standard InChI is InChI=1S/C13H14FN3O2/c14-10-7-12(11(16)6-9(10)13(18)19)17(5-1-4-15)8-2-3-8/h6-8H,1-3,5,16H2,(H,18,19). The van der Waals surface area contributed by atoms with E-state index < -0.39 is 17.3 Å². The molecule has 0 heterocycles. The van der Waals surface area contributed by atoms with Crippen LogP contribution in [0.25, 0.3) is 0 Å². The Balaban J connectivity index is 2.35. The predicted octanol–water partition coefficient (Wildman–Crippen LogP) is 1.99. The maximum atomic E-state index is 13.7. The van der Waals surface area contributed by atoms with Crippen molar-refractivity contribution in [1.82, 2.24) is 0 Å². The molecule has 0 aliphatic heterocycles. The molecule has 0 bridgehead atoms. The van der Waals surface area contributed by atoms with Gasteiger partial charge >= 0.3 is 5.97 Å². The van der Waals surface area contributed by atoms with Gasteiger partial charge in [0.25, 0.3) is 0 Å². The molecule has 100 valence electrons. The lowest BCUT2D eigenvalue weighted by molar-refractivity contribution is 0.0692. The molecule has 1 aromatic carbocycles. The van der Waals surface area contributed by atoms with Gasteiger partial charge in [-0.2, -0.15) is 5.26 Å². The normalized spacial score (nSPS) is 13.9. The van der Waals surface area contributed by atoms with Crippen LogP contribution in [0.5, 0.6) is 0 Å². The number of nitrogen functional groups attached to an aromatic ring is 1. The number of rotatable bonds is 5. The summed E-state index contributed by atoms with van der Waals surface area (Å²) >= 11 is 0. The highest BCUT2D eigenvalue weighted by Gasteiger charge is 2.30. The van der Waals surface area contributed by atoms with Gasteiger partial charge in [0.1, 0.15) is 5.82 Å². The number of nitriles is 1. The molecule has 1 aliphatic carbocycles. The van der Waals surface area contributed by atoms with Crippen LogP contribution in [0.4, 0.5) is 15.8 Å². The average Bonchev–Trinajstić information content (AvgIpc) is 3.17. The second-order valence-electron chi connectivity index (χ2n) is 4.53. The van der Waals surface area contributed by atoms with E-state index in [-0.39, 0.29) is 11.7 Å². The van der Waals surface area contributed by atoms with Crippen LogP contribution in [-0.4, -0.2) is 23.7 Å². The van der Waals surface area contributed by atoms with E-state index in [1.165, 1.54) is 0 Å². The van der Waals surface area contributed by atoms with Crippen molar-refractivity contribution in [3.05, 3.63) is 23.5 Å². The van der Waals surface area contributed by atoms with Crippen molar-refractivity contribution in [3.63, 3.8) is 0 Å². The second kappa shape index (κ2) is 5.14. The van der Waals surface area contributed by atoms with Gasteiger partial charge in [0.15, 0.2) is 0 Å². The number of benzene rings is 1. The number of halogens is 1. The molecule has 3 N–H and O–H groups in total. The summed E-state index contributed by atoms with van der Waals surface area (Å²) < 4.78 is 13.7. The van der Waals surface area contributed by atoms with Crippen LogP contribution in [0.2, 0.25) is 0 Å². The molecule has 0 unspecified atom stereocenters. The Kier molecular flexibility index (Phi) is 3.56. The lowest BCUT2D eigenvalue weighted by atomic mass is 10.1. The minimum Gasteiger partial charge on any atom is -0.478 e. The Morgan fingerprint density at radius 3 is 2.79 bits per heavy atom. The quantitative estimate of drug-likeness (QED) is 0.793. The molecule has 19 heavy (non-hydrogen) atoms. The SMILES string of the molecule is N#CCCN(c1cc(F)c(C(=O)O)cc1N)C1CC1. The maximum absolute atomic E-state index is 13.7. The summed E-state index contributed by atoms with van der Waals surface area (Å²) in [6, 6.07) is 4.59. The summed E-state index contributed by atoms with van der Waals surface area (Å²) in [7, 11) is 0. The van der Waals surface area contributed by atoms with Crippen molar-refractivity contribution in [3.8, 4) is 6.07 Å². The van der Waals surface area contributed by atoms with E-state index in [4.69, 9.17) is 16.1 Å². The Morgan fingerprint density at radius 1 is 1.58 bits per heavy atom. The van der Waals surface area contributed by atoms with E-state index in [9.17, 15) is 9.18 Å². The third-order valence-corrected chi connectivity index (χ3v) is 3.11. The van der Waals surface area contributed by atoms with E-state index in [1.54, 1.807) is 0 Å². The monoisotopic (exact) mass is 263 g/mol. The molecule has 0 spiro atoms. The number of nitrogens with zero attached hydrogens (tertiary/aromatic N) is 2. The third-order valence-electron chi connectivity index (χ3n) is 3.11. The minimum atomic E-state index is -1.34. The van der Waals surface area contributed by atoms with E-state index >= 15 is 0 Å². The highest BCUT2D eigenvalue weighted by Crippen LogP contribution is 2.36. The zero-order valence-corrected chi connectivity index (χ0v) is 10.3. The lowest BCUT2D eigenvalue weighted by Gasteiger charge is -2.25. The zero-order chi connectivity index (χ0) is 14.0. The molecule has 5 nitrogen and oxygen atoms in total. The number of nitrogens with two attached hydrogens (primary N) is 1. The molecule has 0 aromatic heterocycles. The molecule has 1 aliphatic rings. The first kappa shape index (κ1) is 13.1. The molecule has 0 radical (unpaired) electrons. The van der Waals surface area contributed by atoms with Crippen molar-refractivity contribution in [2.24, 2.45) is 0 Å². The molecule has 2 rings (SSSR count). The number of carboxylic acids is 1. The first-order valence-corrected chi connectivity index (χ1v) is 6.00. The van der Waals surface area contributed by atoms with Gasteiger partial charge < -0.3 is 15.7 Å². The third kappa shape index (κ3) is 2.76. The number of hydrogen-bond donors (Lipinski definition) is 2. The molecule has 0 amide bonds.